The number of hydrogen-bond acceptors (Lipinski definition) is 3. The zero-order valence-corrected chi connectivity index (χ0v) is 9.86. The Morgan fingerprint density at radius 2 is 2.07 bits per heavy atom. The molecule has 2 aliphatic rings. The van der Waals surface area contributed by atoms with E-state index >= 15 is 0 Å². The number of aliphatic hydroxyl groups excluding tert-OH is 1. The molecule has 0 bridgehead atoms. The van der Waals surface area contributed by atoms with Crippen molar-refractivity contribution >= 4 is 0 Å². The molecule has 0 saturated carbocycles. The summed E-state index contributed by atoms with van der Waals surface area (Å²) in [5.41, 5.74) is 0. The monoisotopic (exact) mass is 212 g/mol. The number of nitrogens with zero attached hydrogens (tertiary/aromatic N) is 2. The second-order valence-electron chi connectivity index (χ2n) is 5.07. The molecular weight excluding hydrogens is 188 g/mol. The summed E-state index contributed by atoms with van der Waals surface area (Å²) >= 11 is 0. The van der Waals surface area contributed by atoms with Gasteiger partial charge in [0, 0.05) is 38.3 Å². The van der Waals surface area contributed by atoms with Crippen molar-refractivity contribution in [3.05, 3.63) is 0 Å². The molecule has 3 nitrogen and oxygen atoms in total. The lowest BCUT2D eigenvalue weighted by molar-refractivity contribution is -0.00420. The maximum Gasteiger partial charge on any atom is 0.0443 e. The van der Waals surface area contributed by atoms with E-state index in [9.17, 15) is 0 Å². The smallest absolute Gasteiger partial charge is 0.0443 e. The van der Waals surface area contributed by atoms with Crippen molar-refractivity contribution < 1.29 is 5.11 Å². The van der Waals surface area contributed by atoms with Crippen LogP contribution < -0.4 is 0 Å². The van der Waals surface area contributed by atoms with Gasteiger partial charge < -0.3 is 10.0 Å². The molecule has 0 amide bonds. The lowest BCUT2D eigenvalue weighted by atomic mass is 9.97. The van der Waals surface area contributed by atoms with Gasteiger partial charge in [0.25, 0.3) is 0 Å². The summed E-state index contributed by atoms with van der Waals surface area (Å²) in [6.07, 6.45) is 5.12. The van der Waals surface area contributed by atoms with Crippen molar-refractivity contribution in [3.63, 3.8) is 0 Å². The minimum absolute atomic E-state index is 0.335. The van der Waals surface area contributed by atoms with Gasteiger partial charge in [0.05, 0.1) is 0 Å². The Balaban J connectivity index is 1.69. The van der Waals surface area contributed by atoms with E-state index in [0.717, 1.165) is 25.0 Å². The summed E-state index contributed by atoms with van der Waals surface area (Å²) in [6, 6.07) is 1.60. The average molecular weight is 212 g/mol. The van der Waals surface area contributed by atoms with Crippen LogP contribution in [0.4, 0.5) is 0 Å². The van der Waals surface area contributed by atoms with Crippen molar-refractivity contribution in [3.8, 4) is 0 Å². The molecule has 2 saturated heterocycles. The lowest BCUT2D eigenvalue weighted by Gasteiger charge is -2.49. The summed E-state index contributed by atoms with van der Waals surface area (Å²) < 4.78 is 0. The van der Waals surface area contributed by atoms with Crippen LogP contribution in [0.5, 0.6) is 0 Å². The van der Waals surface area contributed by atoms with Crippen molar-refractivity contribution in [1.29, 1.82) is 0 Å². The predicted molar refractivity (Wildman–Crippen MR) is 61.9 cm³/mol. The van der Waals surface area contributed by atoms with E-state index in [2.05, 4.69) is 16.7 Å². The maximum absolute atomic E-state index is 8.75. The first-order valence-electron chi connectivity index (χ1n) is 6.40. The molecule has 0 aromatic rings. The number of aliphatic hydroxyl groups is 1. The van der Waals surface area contributed by atoms with Gasteiger partial charge in [-0.25, -0.2) is 0 Å². The Morgan fingerprint density at radius 1 is 1.27 bits per heavy atom. The van der Waals surface area contributed by atoms with Gasteiger partial charge in [-0.05, 0) is 32.7 Å². The third-order valence-electron chi connectivity index (χ3n) is 3.89. The quantitative estimate of drug-likeness (QED) is 0.751. The number of likely N-dealkylation sites (tertiary alicyclic amines) is 2. The van der Waals surface area contributed by atoms with Gasteiger partial charge in [-0.1, -0.05) is 6.42 Å². The van der Waals surface area contributed by atoms with Crippen LogP contribution in [-0.4, -0.2) is 59.8 Å². The van der Waals surface area contributed by atoms with Crippen LogP contribution in [0.1, 0.15) is 32.6 Å². The first-order chi connectivity index (χ1) is 7.31. The molecule has 0 aromatic carbocycles. The summed E-state index contributed by atoms with van der Waals surface area (Å²) in [5, 5.41) is 8.75. The van der Waals surface area contributed by atoms with Gasteiger partial charge in [-0.15, -0.1) is 0 Å². The Labute approximate surface area is 93.1 Å². The van der Waals surface area contributed by atoms with E-state index in [1.54, 1.807) is 0 Å². The van der Waals surface area contributed by atoms with E-state index in [-0.39, 0.29) is 0 Å². The van der Waals surface area contributed by atoms with Crippen molar-refractivity contribution in [1.82, 2.24) is 9.80 Å². The average Bonchev–Trinajstić information content (AvgIpc) is 2.18. The van der Waals surface area contributed by atoms with E-state index in [1.807, 2.05) is 0 Å². The van der Waals surface area contributed by atoms with Gasteiger partial charge in [0.15, 0.2) is 0 Å². The second kappa shape index (κ2) is 5.28. The molecule has 0 spiro atoms. The first-order valence-corrected chi connectivity index (χ1v) is 6.40. The second-order valence-corrected chi connectivity index (χ2v) is 5.07. The molecule has 2 aliphatic heterocycles. The molecule has 0 aliphatic carbocycles. The Kier molecular flexibility index (Phi) is 4.00. The molecule has 2 rings (SSSR count). The SMILES string of the molecule is CC1CCCCN1C1CN(CCCO)C1. The highest BCUT2D eigenvalue weighted by Gasteiger charge is 2.34. The molecule has 15 heavy (non-hydrogen) atoms. The highest BCUT2D eigenvalue weighted by Crippen LogP contribution is 2.24. The van der Waals surface area contributed by atoms with Crippen LogP contribution in [0.2, 0.25) is 0 Å². The fourth-order valence-electron chi connectivity index (χ4n) is 2.89. The molecule has 0 radical (unpaired) electrons. The lowest BCUT2D eigenvalue weighted by Crippen LogP contribution is -2.62. The molecule has 88 valence electrons. The topological polar surface area (TPSA) is 26.7 Å². The van der Waals surface area contributed by atoms with Gasteiger partial charge in [-0.2, -0.15) is 0 Å². The van der Waals surface area contributed by atoms with Crippen molar-refractivity contribution in [2.45, 2.75) is 44.7 Å². The summed E-state index contributed by atoms with van der Waals surface area (Å²) in [7, 11) is 0. The predicted octanol–water partition coefficient (Wildman–Crippen LogP) is 0.927. The third-order valence-corrected chi connectivity index (χ3v) is 3.89. The largest absolute Gasteiger partial charge is 0.396 e. The van der Waals surface area contributed by atoms with Gasteiger partial charge in [-0.3, -0.25) is 4.90 Å². The number of rotatable bonds is 4. The zero-order valence-electron chi connectivity index (χ0n) is 9.86. The van der Waals surface area contributed by atoms with Crippen LogP contribution in [0, 0.1) is 0 Å². The summed E-state index contributed by atoms with van der Waals surface area (Å²) in [6.45, 7) is 7.54. The van der Waals surface area contributed by atoms with Crippen LogP contribution in [0.15, 0.2) is 0 Å². The summed E-state index contributed by atoms with van der Waals surface area (Å²) in [4.78, 5) is 5.15. The van der Waals surface area contributed by atoms with Crippen molar-refractivity contribution in [2.24, 2.45) is 0 Å². The Bertz CT molecular complexity index is 192. The fourth-order valence-corrected chi connectivity index (χ4v) is 2.89. The molecule has 2 fully saturated rings. The Hall–Kier alpha value is -0.120. The van der Waals surface area contributed by atoms with Crippen molar-refractivity contribution in [2.75, 3.05) is 32.8 Å². The normalized spacial score (nSPS) is 30.4. The van der Waals surface area contributed by atoms with Gasteiger partial charge in [0.2, 0.25) is 0 Å². The van der Waals surface area contributed by atoms with Crippen LogP contribution in [-0.2, 0) is 0 Å². The van der Waals surface area contributed by atoms with E-state index in [0.29, 0.717) is 6.61 Å². The number of piperidine rings is 1. The minimum Gasteiger partial charge on any atom is -0.396 e. The molecule has 1 unspecified atom stereocenters. The number of hydrogen-bond donors (Lipinski definition) is 1. The van der Waals surface area contributed by atoms with E-state index < -0.39 is 0 Å². The van der Waals surface area contributed by atoms with E-state index in [4.69, 9.17) is 5.11 Å². The zero-order chi connectivity index (χ0) is 10.7. The van der Waals surface area contributed by atoms with Gasteiger partial charge >= 0.3 is 0 Å². The molecule has 2 heterocycles. The maximum atomic E-state index is 8.75. The Morgan fingerprint density at radius 3 is 2.73 bits per heavy atom. The van der Waals surface area contributed by atoms with E-state index in [1.165, 1.54) is 38.9 Å². The van der Waals surface area contributed by atoms with Crippen LogP contribution >= 0.6 is 0 Å². The van der Waals surface area contributed by atoms with Crippen LogP contribution in [0.25, 0.3) is 0 Å². The standard InChI is InChI=1S/C12H24N2O/c1-11-5-2-3-7-14(11)12-9-13(10-12)6-4-8-15/h11-12,15H,2-10H2,1H3. The van der Waals surface area contributed by atoms with Gasteiger partial charge in [0.1, 0.15) is 0 Å². The summed E-state index contributed by atoms with van der Waals surface area (Å²) in [5.74, 6) is 0. The fraction of sp³-hybridized carbons (Fsp3) is 1.00. The molecule has 1 N–H and O–H groups in total. The van der Waals surface area contributed by atoms with Crippen LogP contribution in [0.3, 0.4) is 0 Å². The third kappa shape index (κ3) is 2.71. The molecular formula is C12H24N2O. The molecule has 3 heteroatoms. The molecule has 1 atom stereocenters. The minimum atomic E-state index is 0.335. The first kappa shape index (κ1) is 11.4. The molecule has 0 aromatic heterocycles. The highest BCUT2D eigenvalue weighted by molar-refractivity contribution is 4.91. The highest BCUT2D eigenvalue weighted by atomic mass is 16.3.